The van der Waals surface area contributed by atoms with Crippen LogP contribution in [-0.2, 0) is 0 Å². The largest absolute Gasteiger partial charge is 0.342 e. The lowest BCUT2D eigenvalue weighted by molar-refractivity contribution is 0.229. The summed E-state index contributed by atoms with van der Waals surface area (Å²) in [6, 6.07) is 0.383. The summed E-state index contributed by atoms with van der Waals surface area (Å²) in [5.41, 5.74) is 0.884. The standard InChI is InChI=1S/C15H19N7OS/c1-19-4-5-21(15(19)23)11-6-16-22(9-11)12-7-20(8-12)14-18-17-13(24-14)10-2-3-10/h6,9-10,12H,2-5,7-8H2,1H3. The van der Waals surface area contributed by atoms with Gasteiger partial charge in [0.2, 0.25) is 5.13 Å². The van der Waals surface area contributed by atoms with E-state index in [0.29, 0.717) is 12.0 Å². The Kier molecular flexibility index (Phi) is 3.06. The molecule has 0 bridgehead atoms. The van der Waals surface area contributed by atoms with Crippen LogP contribution in [0.2, 0.25) is 0 Å². The maximum Gasteiger partial charge on any atom is 0.324 e. The zero-order valence-corrected chi connectivity index (χ0v) is 14.3. The molecular formula is C15H19N7OS. The lowest BCUT2D eigenvalue weighted by Gasteiger charge is -2.38. The van der Waals surface area contributed by atoms with E-state index in [0.717, 1.165) is 37.0 Å². The van der Waals surface area contributed by atoms with E-state index < -0.39 is 0 Å². The van der Waals surface area contributed by atoms with E-state index >= 15 is 0 Å². The van der Waals surface area contributed by atoms with Crippen LogP contribution in [-0.4, -0.2) is 64.1 Å². The second-order valence-electron chi connectivity index (χ2n) is 6.79. The lowest BCUT2D eigenvalue weighted by Crippen LogP contribution is -2.48. The fourth-order valence-corrected chi connectivity index (χ4v) is 4.21. The summed E-state index contributed by atoms with van der Waals surface area (Å²) in [5, 5.41) is 15.3. The molecule has 4 heterocycles. The number of carbonyl (C=O) groups is 1. The highest BCUT2D eigenvalue weighted by Gasteiger charge is 2.34. The Morgan fingerprint density at radius 2 is 2.04 bits per heavy atom. The van der Waals surface area contributed by atoms with Crippen molar-refractivity contribution in [1.82, 2.24) is 24.9 Å². The van der Waals surface area contributed by atoms with Crippen LogP contribution in [0.1, 0.15) is 29.8 Å². The number of rotatable bonds is 4. The molecule has 126 valence electrons. The van der Waals surface area contributed by atoms with Gasteiger partial charge in [0.25, 0.3) is 0 Å². The Hall–Kier alpha value is -2.16. The molecule has 2 saturated heterocycles. The van der Waals surface area contributed by atoms with Crippen molar-refractivity contribution >= 4 is 28.2 Å². The number of likely N-dealkylation sites (N-methyl/N-ethyl adjacent to an activating group) is 1. The van der Waals surface area contributed by atoms with Gasteiger partial charge in [-0.2, -0.15) is 5.10 Å². The maximum atomic E-state index is 12.1. The molecule has 3 aliphatic rings. The molecule has 2 aliphatic heterocycles. The van der Waals surface area contributed by atoms with Crippen LogP contribution in [0, 0.1) is 0 Å². The maximum absolute atomic E-state index is 12.1. The molecule has 1 aliphatic carbocycles. The minimum absolute atomic E-state index is 0.0475. The summed E-state index contributed by atoms with van der Waals surface area (Å²) in [7, 11) is 1.83. The number of hydrogen-bond acceptors (Lipinski definition) is 6. The Morgan fingerprint density at radius 3 is 2.75 bits per heavy atom. The first-order valence-corrected chi connectivity index (χ1v) is 9.16. The molecular weight excluding hydrogens is 326 g/mol. The van der Waals surface area contributed by atoms with Gasteiger partial charge in [-0.3, -0.25) is 9.58 Å². The highest BCUT2D eigenvalue weighted by atomic mass is 32.1. The Labute approximate surface area is 143 Å². The summed E-state index contributed by atoms with van der Waals surface area (Å²) in [4.78, 5) is 17.8. The highest BCUT2D eigenvalue weighted by molar-refractivity contribution is 7.15. The van der Waals surface area contributed by atoms with E-state index in [1.54, 1.807) is 27.3 Å². The van der Waals surface area contributed by atoms with Crippen LogP contribution in [0.4, 0.5) is 15.6 Å². The van der Waals surface area contributed by atoms with E-state index in [1.165, 1.54) is 17.8 Å². The van der Waals surface area contributed by atoms with Gasteiger partial charge < -0.3 is 9.80 Å². The molecule has 0 N–H and O–H groups in total. The molecule has 5 rings (SSSR count). The fourth-order valence-electron chi connectivity index (χ4n) is 3.18. The minimum atomic E-state index is 0.0475. The van der Waals surface area contributed by atoms with Crippen molar-refractivity contribution in [2.75, 3.05) is 43.0 Å². The third-order valence-corrected chi connectivity index (χ3v) is 6.13. The van der Waals surface area contributed by atoms with Gasteiger partial charge >= 0.3 is 6.03 Å². The number of aromatic nitrogens is 4. The van der Waals surface area contributed by atoms with Crippen LogP contribution in [0.15, 0.2) is 12.4 Å². The molecule has 2 amide bonds. The van der Waals surface area contributed by atoms with Gasteiger partial charge in [0.05, 0.1) is 17.9 Å². The van der Waals surface area contributed by atoms with Gasteiger partial charge in [-0.05, 0) is 12.8 Å². The van der Waals surface area contributed by atoms with Crippen molar-refractivity contribution in [2.45, 2.75) is 24.8 Å². The van der Waals surface area contributed by atoms with Crippen molar-refractivity contribution in [3.8, 4) is 0 Å². The minimum Gasteiger partial charge on any atom is -0.342 e. The average Bonchev–Trinajstić information content (AvgIpc) is 2.93. The molecule has 0 atom stereocenters. The SMILES string of the molecule is CN1CCN(c2cnn(C3CN(c4nnc(C5CC5)s4)C3)c2)C1=O. The van der Waals surface area contributed by atoms with Crippen molar-refractivity contribution in [3.63, 3.8) is 0 Å². The lowest BCUT2D eigenvalue weighted by atomic mass is 10.1. The summed E-state index contributed by atoms with van der Waals surface area (Å²) < 4.78 is 1.97. The Morgan fingerprint density at radius 1 is 1.21 bits per heavy atom. The van der Waals surface area contributed by atoms with Crippen LogP contribution < -0.4 is 9.80 Å². The summed E-state index contributed by atoms with van der Waals surface area (Å²) in [6.07, 6.45) is 6.29. The first kappa shape index (κ1) is 14.2. The number of urea groups is 1. The van der Waals surface area contributed by atoms with Crippen LogP contribution in [0.3, 0.4) is 0 Å². The quantitative estimate of drug-likeness (QED) is 0.841. The van der Waals surface area contributed by atoms with Gasteiger partial charge in [0.1, 0.15) is 5.01 Å². The molecule has 1 saturated carbocycles. The molecule has 9 heteroatoms. The number of nitrogens with zero attached hydrogens (tertiary/aromatic N) is 7. The second-order valence-corrected chi connectivity index (χ2v) is 7.78. The van der Waals surface area contributed by atoms with Gasteiger partial charge in [0, 0.05) is 45.3 Å². The van der Waals surface area contributed by atoms with Crippen molar-refractivity contribution in [2.24, 2.45) is 0 Å². The predicted molar refractivity (Wildman–Crippen MR) is 90.7 cm³/mol. The number of hydrogen-bond donors (Lipinski definition) is 0. The van der Waals surface area contributed by atoms with Crippen LogP contribution >= 0.6 is 11.3 Å². The zero-order valence-electron chi connectivity index (χ0n) is 13.5. The predicted octanol–water partition coefficient (Wildman–Crippen LogP) is 1.55. The first-order chi connectivity index (χ1) is 11.7. The van der Waals surface area contributed by atoms with Crippen LogP contribution in [0.25, 0.3) is 0 Å². The third-order valence-electron chi connectivity index (χ3n) is 4.98. The third kappa shape index (κ3) is 2.26. The summed E-state index contributed by atoms with van der Waals surface area (Å²) in [5.74, 6) is 0.665. The van der Waals surface area contributed by atoms with Crippen LogP contribution in [0.5, 0.6) is 0 Å². The summed E-state index contributed by atoms with van der Waals surface area (Å²) in [6.45, 7) is 3.29. The monoisotopic (exact) mass is 345 g/mol. The number of amides is 2. The normalized spacial score (nSPS) is 21.7. The molecule has 24 heavy (non-hydrogen) atoms. The Balaban J connectivity index is 1.24. The van der Waals surface area contributed by atoms with E-state index in [2.05, 4.69) is 20.2 Å². The molecule has 2 aromatic heterocycles. The Bertz CT molecular complexity index is 776. The van der Waals surface area contributed by atoms with E-state index in [4.69, 9.17) is 0 Å². The molecule has 2 aromatic rings. The smallest absolute Gasteiger partial charge is 0.324 e. The van der Waals surface area contributed by atoms with E-state index in [9.17, 15) is 4.79 Å². The zero-order chi connectivity index (χ0) is 16.3. The molecule has 0 aromatic carbocycles. The van der Waals surface area contributed by atoms with Gasteiger partial charge in [0.15, 0.2) is 0 Å². The average molecular weight is 345 g/mol. The number of anilines is 2. The molecule has 3 fully saturated rings. The van der Waals surface area contributed by atoms with E-state index in [-0.39, 0.29) is 6.03 Å². The molecule has 0 unspecified atom stereocenters. The molecule has 8 nitrogen and oxygen atoms in total. The second kappa shape index (κ2) is 5.17. The van der Waals surface area contributed by atoms with E-state index in [1.807, 2.05) is 17.9 Å². The molecule has 0 spiro atoms. The number of carbonyl (C=O) groups excluding carboxylic acids is 1. The van der Waals surface area contributed by atoms with Crippen molar-refractivity contribution in [3.05, 3.63) is 17.4 Å². The first-order valence-electron chi connectivity index (χ1n) is 8.34. The van der Waals surface area contributed by atoms with Crippen molar-refractivity contribution < 1.29 is 4.79 Å². The van der Waals surface area contributed by atoms with Gasteiger partial charge in [-0.15, -0.1) is 10.2 Å². The van der Waals surface area contributed by atoms with Gasteiger partial charge in [-0.1, -0.05) is 11.3 Å². The highest BCUT2D eigenvalue weighted by Crippen LogP contribution is 2.43. The molecule has 0 radical (unpaired) electrons. The topological polar surface area (TPSA) is 70.4 Å². The summed E-state index contributed by atoms with van der Waals surface area (Å²) >= 11 is 1.73. The van der Waals surface area contributed by atoms with Crippen molar-refractivity contribution in [1.29, 1.82) is 0 Å². The fraction of sp³-hybridized carbons (Fsp3) is 0.600. The van der Waals surface area contributed by atoms with Gasteiger partial charge in [-0.25, -0.2) is 4.79 Å².